The molecule has 2 bridgehead atoms. The molecule has 0 unspecified atom stereocenters. The van der Waals surface area contributed by atoms with Gasteiger partial charge in [0.05, 0.1) is 6.20 Å². The molecule has 2 aromatic heterocycles. The van der Waals surface area contributed by atoms with E-state index in [1.807, 2.05) is 47.8 Å². The lowest BCUT2D eigenvalue weighted by Gasteiger charge is -2.42. The molecule has 1 saturated heterocycles. The van der Waals surface area contributed by atoms with Gasteiger partial charge in [-0.1, -0.05) is 24.3 Å². The van der Waals surface area contributed by atoms with Gasteiger partial charge < -0.3 is 14.4 Å². The standard InChI is InChI=1S/C25H27N5O2/c1-28(2)15-18-5-3-4-6-20(18)21-7-8-23-19-11-17(14-30(23)24(21)31)13-29(16-19)25(32)22-12-26-9-10-27-22/h3-10,12,17,19H,11,13-16H2,1-2H3/t17-,19-/m1/s1. The number of hydrogen-bond acceptors (Lipinski definition) is 5. The average Bonchev–Trinajstić information content (AvgIpc) is 2.80. The van der Waals surface area contributed by atoms with Crippen LogP contribution < -0.4 is 5.56 Å². The maximum absolute atomic E-state index is 13.6. The van der Waals surface area contributed by atoms with E-state index < -0.39 is 0 Å². The van der Waals surface area contributed by atoms with E-state index in [1.54, 1.807) is 12.4 Å². The van der Waals surface area contributed by atoms with Crippen molar-refractivity contribution in [3.8, 4) is 11.1 Å². The third-order valence-electron chi connectivity index (χ3n) is 6.47. The number of likely N-dealkylation sites (tertiary alicyclic amines) is 1. The molecule has 0 N–H and O–H groups in total. The second-order valence-electron chi connectivity index (χ2n) is 9.08. The Morgan fingerprint density at radius 3 is 2.69 bits per heavy atom. The Morgan fingerprint density at radius 2 is 1.91 bits per heavy atom. The number of fused-ring (bicyclic) bond motifs is 4. The van der Waals surface area contributed by atoms with E-state index in [0.717, 1.165) is 35.3 Å². The van der Waals surface area contributed by atoms with Gasteiger partial charge in [0, 0.05) is 55.7 Å². The van der Waals surface area contributed by atoms with Gasteiger partial charge in [0.25, 0.3) is 11.5 Å². The van der Waals surface area contributed by atoms with E-state index in [2.05, 4.69) is 27.0 Å². The van der Waals surface area contributed by atoms with E-state index in [4.69, 9.17) is 0 Å². The van der Waals surface area contributed by atoms with Crippen LogP contribution in [0.3, 0.4) is 0 Å². The van der Waals surface area contributed by atoms with Crippen molar-refractivity contribution in [1.82, 2.24) is 24.3 Å². The van der Waals surface area contributed by atoms with Crippen molar-refractivity contribution in [3.63, 3.8) is 0 Å². The molecule has 2 aliphatic rings. The van der Waals surface area contributed by atoms with Gasteiger partial charge in [0.1, 0.15) is 5.69 Å². The first-order chi connectivity index (χ1) is 15.5. The van der Waals surface area contributed by atoms with Crippen LogP contribution in [-0.2, 0) is 13.1 Å². The van der Waals surface area contributed by atoms with E-state index in [-0.39, 0.29) is 23.3 Å². The second-order valence-corrected chi connectivity index (χ2v) is 9.08. The van der Waals surface area contributed by atoms with Gasteiger partial charge in [-0.15, -0.1) is 0 Å². The number of piperidine rings is 1. The predicted molar refractivity (Wildman–Crippen MR) is 122 cm³/mol. The van der Waals surface area contributed by atoms with Gasteiger partial charge in [-0.25, -0.2) is 4.98 Å². The molecule has 7 heteroatoms. The number of nitrogens with zero attached hydrogens (tertiary/aromatic N) is 5. The smallest absolute Gasteiger partial charge is 0.274 e. The Balaban J connectivity index is 1.47. The van der Waals surface area contributed by atoms with Crippen molar-refractivity contribution < 1.29 is 4.79 Å². The minimum atomic E-state index is -0.0853. The molecule has 1 fully saturated rings. The van der Waals surface area contributed by atoms with Crippen molar-refractivity contribution in [2.45, 2.75) is 25.4 Å². The molecule has 1 aromatic carbocycles. The van der Waals surface area contributed by atoms with Gasteiger partial charge in [0.2, 0.25) is 0 Å². The average molecular weight is 430 g/mol. The van der Waals surface area contributed by atoms with Crippen LogP contribution in [0.25, 0.3) is 11.1 Å². The molecular formula is C25H27N5O2. The first-order valence-corrected chi connectivity index (χ1v) is 11.0. The predicted octanol–water partition coefficient (Wildman–Crippen LogP) is 2.63. The van der Waals surface area contributed by atoms with E-state index in [1.165, 1.54) is 6.20 Å². The number of pyridine rings is 1. The maximum Gasteiger partial charge on any atom is 0.274 e. The normalized spacial score (nSPS) is 19.7. The summed E-state index contributed by atoms with van der Waals surface area (Å²) in [6, 6.07) is 12.2. The molecule has 4 heterocycles. The number of hydrogen-bond donors (Lipinski definition) is 0. The number of aromatic nitrogens is 3. The minimum Gasteiger partial charge on any atom is -0.336 e. The van der Waals surface area contributed by atoms with Gasteiger partial charge in [-0.2, -0.15) is 0 Å². The number of rotatable bonds is 4. The molecule has 32 heavy (non-hydrogen) atoms. The zero-order valence-corrected chi connectivity index (χ0v) is 18.4. The summed E-state index contributed by atoms with van der Waals surface area (Å²) in [5.74, 6) is 0.326. The SMILES string of the molecule is CN(C)Cc1ccccc1-c1ccc2n(c1=O)C[C@@H]1C[C@@H]2CN(C(=O)c2cnccn2)C1. The summed E-state index contributed by atoms with van der Waals surface area (Å²) in [6.07, 6.45) is 5.63. The van der Waals surface area contributed by atoms with Gasteiger partial charge in [-0.05, 0) is 49.7 Å². The molecule has 0 saturated carbocycles. The van der Waals surface area contributed by atoms with Crippen LogP contribution in [0.15, 0.2) is 59.8 Å². The number of carbonyl (C=O) groups excluding carboxylic acids is 1. The highest BCUT2D eigenvalue weighted by molar-refractivity contribution is 5.92. The van der Waals surface area contributed by atoms with Crippen LogP contribution in [0.1, 0.15) is 34.1 Å². The van der Waals surface area contributed by atoms with E-state index in [0.29, 0.717) is 25.3 Å². The van der Waals surface area contributed by atoms with Crippen molar-refractivity contribution in [2.24, 2.45) is 5.92 Å². The summed E-state index contributed by atoms with van der Waals surface area (Å²) in [6.45, 7) is 2.65. The Bertz CT molecular complexity index is 1200. The molecule has 5 rings (SSSR count). The summed E-state index contributed by atoms with van der Waals surface area (Å²) in [5.41, 5.74) is 4.36. The molecule has 0 spiro atoms. The second kappa shape index (κ2) is 8.31. The zero-order chi connectivity index (χ0) is 22.2. The first-order valence-electron chi connectivity index (χ1n) is 11.0. The fourth-order valence-electron chi connectivity index (χ4n) is 5.15. The number of benzene rings is 1. The molecule has 0 radical (unpaired) electrons. The highest BCUT2D eigenvalue weighted by atomic mass is 16.2. The lowest BCUT2D eigenvalue weighted by Crippen LogP contribution is -2.49. The molecule has 7 nitrogen and oxygen atoms in total. The highest BCUT2D eigenvalue weighted by Crippen LogP contribution is 2.36. The summed E-state index contributed by atoms with van der Waals surface area (Å²) in [5, 5.41) is 0. The fraction of sp³-hybridized carbons (Fsp3) is 0.360. The summed E-state index contributed by atoms with van der Waals surface area (Å²) < 4.78 is 1.95. The third kappa shape index (κ3) is 3.73. The minimum absolute atomic E-state index is 0.0668. The Kier molecular flexibility index (Phi) is 5.35. The van der Waals surface area contributed by atoms with Crippen molar-refractivity contribution in [3.05, 3.63) is 82.3 Å². The molecule has 1 amide bonds. The van der Waals surface area contributed by atoms with Crippen molar-refractivity contribution in [2.75, 3.05) is 27.2 Å². The monoisotopic (exact) mass is 429 g/mol. The molecule has 3 aromatic rings. The van der Waals surface area contributed by atoms with Gasteiger partial charge >= 0.3 is 0 Å². The number of amides is 1. The van der Waals surface area contributed by atoms with E-state index in [9.17, 15) is 9.59 Å². The Labute approximate surface area is 187 Å². The zero-order valence-electron chi connectivity index (χ0n) is 18.4. The Morgan fingerprint density at radius 1 is 1.06 bits per heavy atom. The summed E-state index contributed by atoms with van der Waals surface area (Å²) in [4.78, 5) is 38.7. The van der Waals surface area contributed by atoms with Crippen molar-refractivity contribution in [1.29, 1.82) is 0 Å². The van der Waals surface area contributed by atoms with Crippen LogP contribution in [0.4, 0.5) is 0 Å². The van der Waals surface area contributed by atoms with Crippen LogP contribution in [-0.4, -0.2) is 57.4 Å². The molecule has 2 aliphatic heterocycles. The van der Waals surface area contributed by atoms with Crippen LogP contribution in [0.5, 0.6) is 0 Å². The number of carbonyl (C=O) groups is 1. The summed E-state index contributed by atoms with van der Waals surface area (Å²) >= 11 is 0. The van der Waals surface area contributed by atoms with Crippen molar-refractivity contribution >= 4 is 5.91 Å². The highest BCUT2D eigenvalue weighted by Gasteiger charge is 2.37. The third-order valence-corrected chi connectivity index (χ3v) is 6.47. The first kappa shape index (κ1) is 20.6. The van der Waals surface area contributed by atoms with Gasteiger partial charge in [-0.3, -0.25) is 14.6 Å². The maximum atomic E-state index is 13.6. The summed E-state index contributed by atoms with van der Waals surface area (Å²) in [7, 11) is 4.07. The molecule has 164 valence electrons. The Hall–Kier alpha value is -3.32. The van der Waals surface area contributed by atoms with E-state index >= 15 is 0 Å². The van der Waals surface area contributed by atoms with Gasteiger partial charge in [0.15, 0.2) is 0 Å². The molecule has 2 atom stereocenters. The lowest BCUT2D eigenvalue weighted by molar-refractivity contribution is 0.0588. The lowest BCUT2D eigenvalue weighted by atomic mass is 9.82. The van der Waals surface area contributed by atoms with Crippen LogP contribution in [0, 0.1) is 5.92 Å². The molecular weight excluding hydrogens is 402 g/mol. The van der Waals surface area contributed by atoms with Crippen LogP contribution >= 0.6 is 0 Å². The molecule has 0 aliphatic carbocycles. The quantitative estimate of drug-likeness (QED) is 0.638. The van der Waals surface area contributed by atoms with Crippen LogP contribution in [0.2, 0.25) is 0 Å². The fourth-order valence-corrected chi connectivity index (χ4v) is 5.15. The topological polar surface area (TPSA) is 71.3 Å². The largest absolute Gasteiger partial charge is 0.336 e.